The zero-order valence-corrected chi connectivity index (χ0v) is 17.2. The predicted molar refractivity (Wildman–Crippen MR) is 115 cm³/mol. The summed E-state index contributed by atoms with van der Waals surface area (Å²) in [6.45, 7) is 4.75. The molecule has 2 amide bonds. The number of rotatable bonds is 8. The van der Waals surface area contributed by atoms with Gasteiger partial charge in [-0.3, -0.25) is 0 Å². The summed E-state index contributed by atoms with van der Waals surface area (Å²) in [5.41, 5.74) is 2.18. The Morgan fingerprint density at radius 3 is 2.48 bits per heavy atom. The number of ether oxygens (including phenoxy) is 1. The van der Waals surface area contributed by atoms with Crippen LogP contribution in [0.1, 0.15) is 42.9 Å². The van der Waals surface area contributed by atoms with E-state index in [1.165, 1.54) is 5.56 Å². The second-order valence-corrected chi connectivity index (χ2v) is 7.78. The highest BCUT2D eigenvalue weighted by Gasteiger charge is 2.28. The van der Waals surface area contributed by atoms with E-state index in [0.29, 0.717) is 26.2 Å². The summed E-state index contributed by atoms with van der Waals surface area (Å²) >= 11 is 0. The number of carbonyl (C=O) groups is 1. The van der Waals surface area contributed by atoms with E-state index in [1.807, 2.05) is 59.5 Å². The van der Waals surface area contributed by atoms with Crippen LogP contribution in [-0.4, -0.2) is 42.3 Å². The smallest absolute Gasteiger partial charge is 0.317 e. The van der Waals surface area contributed by atoms with Gasteiger partial charge in [-0.25, -0.2) is 4.79 Å². The number of benzene rings is 2. The number of aryl methyl sites for hydroxylation is 1. The Balaban J connectivity index is 1.28. The number of piperidine rings is 1. The van der Waals surface area contributed by atoms with Gasteiger partial charge in [0.05, 0.1) is 12.7 Å². The fraction of sp³-hybridized carbons (Fsp3) is 0.458. The molecule has 1 saturated heterocycles. The van der Waals surface area contributed by atoms with Gasteiger partial charge in [-0.05, 0) is 56.2 Å². The molecule has 29 heavy (non-hydrogen) atoms. The molecule has 0 spiro atoms. The summed E-state index contributed by atoms with van der Waals surface area (Å²) in [6, 6.07) is 17.8. The maximum atomic E-state index is 12.4. The number of urea groups is 1. The molecule has 1 heterocycles. The predicted octanol–water partition coefficient (Wildman–Crippen LogP) is 4.31. The van der Waals surface area contributed by atoms with Gasteiger partial charge in [0.15, 0.2) is 0 Å². The second kappa shape index (κ2) is 10.9. The normalized spacial score (nSPS) is 15.7. The quantitative estimate of drug-likeness (QED) is 0.654. The van der Waals surface area contributed by atoms with Crippen LogP contribution in [0.3, 0.4) is 0 Å². The van der Waals surface area contributed by atoms with Gasteiger partial charge in [-0.15, -0.1) is 0 Å². The molecule has 1 aliphatic heterocycles. The summed E-state index contributed by atoms with van der Waals surface area (Å²) in [7, 11) is 0. The lowest BCUT2D eigenvalue weighted by Gasteiger charge is -2.34. The first-order valence-corrected chi connectivity index (χ1v) is 10.6. The van der Waals surface area contributed by atoms with Crippen LogP contribution in [0.4, 0.5) is 4.79 Å². The average Bonchev–Trinajstić information content (AvgIpc) is 2.77. The van der Waals surface area contributed by atoms with Crippen molar-refractivity contribution in [3.05, 3.63) is 65.7 Å². The minimum atomic E-state index is -0.449. The molecule has 2 aromatic carbocycles. The van der Waals surface area contributed by atoms with E-state index < -0.39 is 6.10 Å². The van der Waals surface area contributed by atoms with Crippen molar-refractivity contribution in [1.29, 1.82) is 0 Å². The Morgan fingerprint density at radius 1 is 1.10 bits per heavy atom. The lowest BCUT2D eigenvalue weighted by atomic mass is 9.87. The minimum Gasteiger partial charge on any atom is -0.494 e. The maximum absolute atomic E-state index is 12.4. The molecule has 3 rings (SSSR count). The van der Waals surface area contributed by atoms with Gasteiger partial charge in [0.2, 0.25) is 0 Å². The van der Waals surface area contributed by atoms with E-state index in [4.69, 9.17) is 4.74 Å². The van der Waals surface area contributed by atoms with Crippen molar-refractivity contribution >= 4 is 6.03 Å². The van der Waals surface area contributed by atoms with Crippen LogP contribution in [0.5, 0.6) is 5.75 Å². The van der Waals surface area contributed by atoms with Gasteiger partial charge in [0, 0.05) is 19.6 Å². The van der Waals surface area contributed by atoms with Crippen molar-refractivity contribution in [3.63, 3.8) is 0 Å². The Morgan fingerprint density at radius 2 is 1.79 bits per heavy atom. The number of amides is 2. The van der Waals surface area contributed by atoms with Crippen LogP contribution in [0.25, 0.3) is 0 Å². The van der Waals surface area contributed by atoms with Gasteiger partial charge in [-0.2, -0.15) is 0 Å². The molecule has 0 aliphatic carbocycles. The fourth-order valence-corrected chi connectivity index (χ4v) is 3.70. The van der Waals surface area contributed by atoms with Gasteiger partial charge in [0.1, 0.15) is 5.75 Å². The number of unbranched alkanes of at least 4 members (excludes halogenated alkanes) is 1. The molecule has 2 N–H and O–H groups in total. The first-order valence-electron chi connectivity index (χ1n) is 10.6. The van der Waals surface area contributed by atoms with Crippen molar-refractivity contribution < 1.29 is 14.6 Å². The molecule has 1 fully saturated rings. The Kier molecular flexibility index (Phi) is 7.94. The zero-order valence-electron chi connectivity index (χ0n) is 17.2. The molecule has 2 aromatic rings. The van der Waals surface area contributed by atoms with Crippen molar-refractivity contribution in [3.8, 4) is 5.75 Å². The third-order valence-electron chi connectivity index (χ3n) is 5.55. The van der Waals surface area contributed by atoms with E-state index in [2.05, 4.69) is 12.2 Å². The number of hydrogen-bond acceptors (Lipinski definition) is 3. The molecule has 156 valence electrons. The number of aliphatic hydroxyl groups excluding tert-OH is 1. The highest BCUT2D eigenvalue weighted by molar-refractivity contribution is 5.74. The third kappa shape index (κ3) is 6.50. The highest BCUT2D eigenvalue weighted by Crippen LogP contribution is 2.30. The van der Waals surface area contributed by atoms with Crippen molar-refractivity contribution in [2.75, 3.05) is 26.2 Å². The molecule has 0 saturated carbocycles. The van der Waals surface area contributed by atoms with E-state index in [0.717, 1.165) is 37.0 Å². The molecule has 0 radical (unpaired) electrons. The fourth-order valence-electron chi connectivity index (χ4n) is 3.70. The van der Waals surface area contributed by atoms with Crippen LogP contribution in [-0.2, 0) is 0 Å². The minimum absolute atomic E-state index is 0.00268. The molecular formula is C24H32N2O3. The molecule has 5 nitrogen and oxygen atoms in total. The summed E-state index contributed by atoms with van der Waals surface area (Å²) in [6.07, 6.45) is 3.00. The lowest BCUT2D eigenvalue weighted by molar-refractivity contribution is 0.0665. The van der Waals surface area contributed by atoms with Crippen LogP contribution < -0.4 is 10.1 Å². The van der Waals surface area contributed by atoms with E-state index in [1.54, 1.807) is 0 Å². The Hall–Kier alpha value is -2.53. The number of nitrogens with one attached hydrogen (secondary N) is 1. The number of likely N-dealkylation sites (tertiary alicyclic amines) is 1. The van der Waals surface area contributed by atoms with Crippen LogP contribution in [0.15, 0.2) is 54.6 Å². The van der Waals surface area contributed by atoms with E-state index in [-0.39, 0.29) is 11.9 Å². The van der Waals surface area contributed by atoms with Gasteiger partial charge >= 0.3 is 6.03 Å². The zero-order chi connectivity index (χ0) is 20.5. The van der Waals surface area contributed by atoms with Crippen LogP contribution in [0, 0.1) is 12.8 Å². The van der Waals surface area contributed by atoms with Gasteiger partial charge in [-0.1, -0.05) is 48.0 Å². The number of nitrogens with zero attached hydrogens (tertiary/aromatic N) is 1. The van der Waals surface area contributed by atoms with Crippen molar-refractivity contribution in [2.24, 2.45) is 5.92 Å². The van der Waals surface area contributed by atoms with Crippen molar-refractivity contribution in [1.82, 2.24) is 10.2 Å². The summed E-state index contributed by atoms with van der Waals surface area (Å²) in [5.74, 6) is 1.10. The SMILES string of the molecule is Cc1ccc(OCCCCNC(=O)N2CCC(C(O)c3ccccc3)CC2)cc1. The molecule has 0 aromatic heterocycles. The molecule has 1 aliphatic rings. The summed E-state index contributed by atoms with van der Waals surface area (Å²) in [5, 5.41) is 13.6. The first-order chi connectivity index (χ1) is 14.1. The monoisotopic (exact) mass is 396 g/mol. The standard InChI is InChI=1S/C24H32N2O3/c1-19-9-11-22(12-10-19)29-18-6-5-15-25-24(28)26-16-13-21(14-17-26)23(27)20-7-3-2-4-8-20/h2-4,7-12,21,23,27H,5-6,13-18H2,1H3,(H,25,28). The van der Waals surface area contributed by atoms with E-state index in [9.17, 15) is 9.90 Å². The van der Waals surface area contributed by atoms with Gasteiger partial charge in [0.25, 0.3) is 0 Å². The topological polar surface area (TPSA) is 61.8 Å². The average molecular weight is 397 g/mol. The number of hydrogen-bond donors (Lipinski definition) is 2. The van der Waals surface area contributed by atoms with Crippen molar-refractivity contribution in [2.45, 2.75) is 38.7 Å². The van der Waals surface area contributed by atoms with E-state index >= 15 is 0 Å². The molecular weight excluding hydrogens is 364 g/mol. The number of carbonyl (C=O) groups excluding carboxylic acids is 1. The largest absolute Gasteiger partial charge is 0.494 e. The third-order valence-corrected chi connectivity index (χ3v) is 5.55. The molecule has 5 heteroatoms. The van der Waals surface area contributed by atoms with Crippen LogP contribution in [0.2, 0.25) is 0 Å². The maximum Gasteiger partial charge on any atom is 0.317 e. The molecule has 1 atom stereocenters. The molecule has 0 bridgehead atoms. The Labute approximate surface area is 173 Å². The second-order valence-electron chi connectivity index (χ2n) is 7.78. The van der Waals surface area contributed by atoms with Gasteiger partial charge < -0.3 is 20.1 Å². The van der Waals surface area contributed by atoms with Crippen LogP contribution >= 0.6 is 0 Å². The Bertz CT molecular complexity index is 740. The summed E-state index contributed by atoms with van der Waals surface area (Å²) in [4.78, 5) is 14.2. The molecule has 1 unspecified atom stereocenters. The first kappa shape index (κ1) is 21.2. The lowest BCUT2D eigenvalue weighted by Crippen LogP contribution is -2.45. The highest BCUT2D eigenvalue weighted by atomic mass is 16.5. The summed E-state index contributed by atoms with van der Waals surface area (Å²) < 4.78 is 5.71. The number of aliphatic hydroxyl groups is 1.